The summed E-state index contributed by atoms with van der Waals surface area (Å²) < 4.78 is 0. The second-order valence-corrected chi connectivity index (χ2v) is 6.50. The number of amides is 2. The van der Waals surface area contributed by atoms with Crippen molar-refractivity contribution in [3.8, 4) is 0 Å². The van der Waals surface area contributed by atoms with Gasteiger partial charge in [0.05, 0.1) is 5.92 Å². The van der Waals surface area contributed by atoms with Crippen LogP contribution in [-0.2, 0) is 4.79 Å². The molecule has 0 bridgehead atoms. The molecule has 1 aliphatic heterocycles. The molecule has 21 heavy (non-hydrogen) atoms. The van der Waals surface area contributed by atoms with Gasteiger partial charge in [-0.25, -0.2) is 4.79 Å². The largest absolute Gasteiger partial charge is 0.481 e. The number of urea groups is 1. The van der Waals surface area contributed by atoms with Crippen LogP contribution in [0.5, 0.6) is 0 Å². The lowest BCUT2D eigenvalue weighted by molar-refractivity contribution is -0.144. The van der Waals surface area contributed by atoms with Crippen molar-refractivity contribution >= 4 is 12.0 Å². The first-order valence-electron chi connectivity index (χ1n) is 7.99. The zero-order valence-electron chi connectivity index (χ0n) is 12.8. The monoisotopic (exact) mass is 297 g/mol. The molecule has 0 aromatic rings. The highest BCUT2D eigenvalue weighted by Crippen LogP contribution is 2.29. The van der Waals surface area contributed by atoms with Crippen molar-refractivity contribution in [2.45, 2.75) is 32.1 Å². The number of carbonyl (C=O) groups is 2. The van der Waals surface area contributed by atoms with E-state index in [-0.39, 0.29) is 17.9 Å². The van der Waals surface area contributed by atoms with Gasteiger partial charge in [0.1, 0.15) is 0 Å². The predicted molar refractivity (Wildman–Crippen MR) is 80.1 cm³/mol. The summed E-state index contributed by atoms with van der Waals surface area (Å²) in [4.78, 5) is 25.3. The molecule has 120 valence electrons. The van der Waals surface area contributed by atoms with E-state index < -0.39 is 5.97 Å². The third-order valence-corrected chi connectivity index (χ3v) is 4.79. The van der Waals surface area contributed by atoms with Crippen molar-refractivity contribution in [2.24, 2.45) is 17.8 Å². The number of hydrogen-bond donors (Lipinski definition) is 3. The van der Waals surface area contributed by atoms with Crippen molar-refractivity contribution < 1.29 is 14.7 Å². The van der Waals surface area contributed by atoms with E-state index in [0.29, 0.717) is 19.0 Å². The van der Waals surface area contributed by atoms with Gasteiger partial charge in [-0.05, 0) is 44.7 Å². The molecule has 0 radical (unpaired) electrons. The van der Waals surface area contributed by atoms with Crippen LogP contribution < -0.4 is 10.6 Å². The topological polar surface area (TPSA) is 81.7 Å². The van der Waals surface area contributed by atoms with Crippen LogP contribution in [0.1, 0.15) is 32.1 Å². The first-order chi connectivity index (χ1) is 10.1. The van der Waals surface area contributed by atoms with Crippen molar-refractivity contribution in [1.82, 2.24) is 15.5 Å². The number of carboxylic acid groups (broad SMARTS) is 1. The summed E-state index contributed by atoms with van der Waals surface area (Å²) in [5, 5.41) is 15.0. The Morgan fingerprint density at radius 3 is 2.52 bits per heavy atom. The number of hydrogen-bond acceptors (Lipinski definition) is 3. The van der Waals surface area contributed by atoms with E-state index >= 15 is 0 Å². The fourth-order valence-corrected chi connectivity index (χ4v) is 3.49. The summed E-state index contributed by atoms with van der Waals surface area (Å²) in [7, 11) is 2.09. The zero-order valence-corrected chi connectivity index (χ0v) is 12.8. The molecule has 1 heterocycles. The van der Waals surface area contributed by atoms with Gasteiger partial charge >= 0.3 is 12.0 Å². The first-order valence-corrected chi connectivity index (χ1v) is 7.99. The molecule has 0 spiro atoms. The normalized spacial score (nSPS) is 30.0. The fraction of sp³-hybridized carbons (Fsp3) is 0.867. The summed E-state index contributed by atoms with van der Waals surface area (Å²) in [6.07, 6.45) is 4.80. The van der Waals surface area contributed by atoms with Crippen LogP contribution in [0.15, 0.2) is 0 Å². The molecule has 2 amide bonds. The lowest BCUT2D eigenvalue weighted by Crippen LogP contribution is -2.43. The molecule has 3 unspecified atom stereocenters. The maximum Gasteiger partial charge on any atom is 0.314 e. The SMILES string of the molecule is CN1CCC(CNC(=O)NCC2CCCCC2C(=O)O)C1. The molecule has 2 fully saturated rings. The van der Waals surface area contributed by atoms with Crippen molar-refractivity contribution in [3.05, 3.63) is 0 Å². The second kappa shape index (κ2) is 7.64. The van der Waals surface area contributed by atoms with E-state index in [1.54, 1.807) is 0 Å². The highest BCUT2D eigenvalue weighted by atomic mass is 16.4. The maximum absolute atomic E-state index is 11.8. The van der Waals surface area contributed by atoms with Crippen LogP contribution in [0.25, 0.3) is 0 Å². The summed E-state index contributed by atoms with van der Waals surface area (Å²) in [5.74, 6) is -0.430. The number of carbonyl (C=O) groups excluding carboxylic acids is 1. The molecule has 6 nitrogen and oxygen atoms in total. The van der Waals surface area contributed by atoms with Gasteiger partial charge in [-0.1, -0.05) is 12.8 Å². The van der Waals surface area contributed by atoms with Gasteiger partial charge in [-0.2, -0.15) is 0 Å². The average molecular weight is 297 g/mol. The molecular weight excluding hydrogens is 270 g/mol. The third-order valence-electron chi connectivity index (χ3n) is 4.79. The second-order valence-electron chi connectivity index (χ2n) is 6.50. The number of carboxylic acids is 1. The molecule has 1 saturated heterocycles. The highest BCUT2D eigenvalue weighted by molar-refractivity contribution is 5.74. The van der Waals surface area contributed by atoms with Crippen molar-refractivity contribution in [3.63, 3.8) is 0 Å². The quantitative estimate of drug-likeness (QED) is 0.710. The first kappa shape index (κ1) is 16.1. The van der Waals surface area contributed by atoms with E-state index in [2.05, 4.69) is 22.6 Å². The summed E-state index contributed by atoms with van der Waals surface area (Å²) in [6, 6.07) is -0.167. The van der Waals surface area contributed by atoms with E-state index in [1.807, 2.05) is 0 Å². The fourth-order valence-electron chi connectivity index (χ4n) is 3.49. The molecular formula is C15H27N3O3. The molecule has 6 heteroatoms. The Hall–Kier alpha value is -1.30. The Labute approximate surface area is 126 Å². The van der Waals surface area contributed by atoms with E-state index in [4.69, 9.17) is 0 Å². The highest BCUT2D eigenvalue weighted by Gasteiger charge is 2.30. The van der Waals surface area contributed by atoms with Crippen LogP contribution >= 0.6 is 0 Å². The number of nitrogens with one attached hydrogen (secondary N) is 2. The van der Waals surface area contributed by atoms with E-state index in [0.717, 1.165) is 45.2 Å². The minimum atomic E-state index is -0.726. The standard InChI is InChI=1S/C15H27N3O3/c1-18-7-6-11(10-18)8-16-15(21)17-9-12-4-2-3-5-13(12)14(19)20/h11-13H,2-10H2,1H3,(H,19,20)(H2,16,17,21). The van der Waals surface area contributed by atoms with Gasteiger partial charge in [-0.3, -0.25) is 4.79 Å². The Morgan fingerprint density at radius 2 is 1.86 bits per heavy atom. The van der Waals surface area contributed by atoms with Gasteiger partial charge in [0.25, 0.3) is 0 Å². The lowest BCUT2D eigenvalue weighted by Gasteiger charge is -2.28. The van der Waals surface area contributed by atoms with Gasteiger partial charge in [0.2, 0.25) is 0 Å². The molecule has 2 aliphatic rings. The van der Waals surface area contributed by atoms with Crippen LogP contribution in [0.4, 0.5) is 4.79 Å². The minimum Gasteiger partial charge on any atom is -0.481 e. The van der Waals surface area contributed by atoms with Gasteiger partial charge in [0.15, 0.2) is 0 Å². The smallest absolute Gasteiger partial charge is 0.314 e. The number of rotatable bonds is 5. The lowest BCUT2D eigenvalue weighted by atomic mass is 9.79. The third kappa shape index (κ3) is 4.88. The molecule has 1 aliphatic carbocycles. The summed E-state index contributed by atoms with van der Waals surface area (Å²) in [6.45, 7) is 3.29. The number of nitrogens with zero attached hydrogens (tertiary/aromatic N) is 1. The Kier molecular flexibility index (Phi) is 5.85. The summed E-state index contributed by atoms with van der Waals surface area (Å²) >= 11 is 0. The van der Waals surface area contributed by atoms with Crippen LogP contribution in [0, 0.1) is 17.8 Å². The number of likely N-dealkylation sites (tertiary alicyclic amines) is 1. The molecule has 3 N–H and O–H groups in total. The Morgan fingerprint density at radius 1 is 1.14 bits per heavy atom. The van der Waals surface area contributed by atoms with Gasteiger partial charge in [0, 0.05) is 19.6 Å². The molecule has 3 atom stereocenters. The van der Waals surface area contributed by atoms with Crippen LogP contribution in [-0.4, -0.2) is 55.2 Å². The molecule has 0 aromatic carbocycles. The molecule has 1 saturated carbocycles. The maximum atomic E-state index is 11.8. The molecule has 0 aromatic heterocycles. The van der Waals surface area contributed by atoms with Crippen molar-refractivity contribution in [1.29, 1.82) is 0 Å². The predicted octanol–water partition coefficient (Wildman–Crippen LogP) is 1.13. The Bertz CT molecular complexity index is 375. The van der Waals surface area contributed by atoms with Crippen LogP contribution in [0.3, 0.4) is 0 Å². The van der Waals surface area contributed by atoms with E-state index in [1.165, 1.54) is 0 Å². The summed E-state index contributed by atoms with van der Waals surface area (Å²) in [5.41, 5.74) is 0. The minimum absolute atomic E-state index is 0.0691. The van der Waals surface area contributed by atoms with Gasteiger partial charge in [-0.15, -0.1) is 0 Å². The number of aliphatic carboxylic acids is 1. The zero-order chi connectivity index (χ0) is 15.2. The molecule has 2 rings (SSSR count). The Balaban J connectivity index is 1.66. The van der Waals surface area contributed by atoms with E-state index in [9.17, 15) is 14.7 Å². The van der Waals surface area contributed by atoms with Crippen molar-refractivity contribution in [2.75, 3.05) is 33.2 Å². The van der Waals surface area contributed by atoms with Crippen LogP contribution in [0.2, 0.25) is 0 Å². The average Bonchev–Trinajstić information content (AvgIpc) is 2.88. The van der Waals surface area contributed by atoms with Gasteiger partial charge < -0.3 is 20.6 Å².